The molecule has 8 heteroatoms. The van der Waals surface area contributed by atoms with Crippen molar-refractivity contribution >= 4 is 31.9 Å². The lowest BCUT2D eigenvalue weighted by Gasteiger charge is -2.25. The first kappa shape index (κ1) is 22.5. The van der Waals surface area contributed by atoms with E-state index in [0.717, 1.165) is 15.2 Å². The molecule has 2 rings (SSSR count). The fourth-order valence-electron chi connectivity index (χ4n) is 2.68. The molecule has 0 aromatic heterocycles. The van der Waals surface area contributed by atoms with E-state index in [9.17, 15) is 13.2 Å². The zero-order valence-electron chi connectivity index (χ0n) is 16.3. The molecule has 0 fully saturated rings. The van der Waals surface area contributed by atoms with Gasteiger partial charge in [-0.3, -0.25) is 4.79 Å². The maximum Gasteiger partial charge on any atom is 0.243 e. The summed E-state index contributed by atoms with van der Waals surface area (Å²) < 4.78 is 27.0. The normalized spacial score (nSPS) is 12.9. The van der Waals surface area contributed by atoms with Gasteiger partial charge in [0, 0.05) is 24.1 Å². The van der Waals surface area contributed by atoms with Gasteiger partial charge in [-0.15, -0.1) is 0 Å². The molecule has 0 saturated heterocycles. The Morgan fingerprint density at radius 1 is 1.04 bits per heavy atom. The van der Waals surface area contributed by atoms with E-state index in [4.69, 9.17) is 0 Å². The molecule has 2 aromatic rings. The molecule has 0 saturated carbocycles. The van der Waals surface area contributed by atoms with Crippen LogP contribution in [0.2, 0.25) is 0 Å². The predicted molar refractivity (Wildman–Crippen MR) is 115 cm³/mol. The van der Waals surface area contributed by atoms with Gasteiger partial charge in [-0.2, -0.15) is 4.31 Å². The van der Waals surface area contributed by atoms with Gasteiger partial charge >= 0.3 is 0 Å². The Morgan fingerprint density at radius 3 is 2.21 bits per heavy atom. The van der Waals surface area contributed by atoms with Crippen molar-refractivity contribution < 1.29 is 13.2 Å². The van der Waals surface area contributed by atoms with E-state index in [1.54, 1.807) is 12.1 Å². The van der Waals surface area contributed by atoms with Crippen molar-refractivity contribution in [2.75, 3.05) is 34.2 Å². The van der Waals surface area contributed by atoms with E-state index >= 15 is 0 Å². The van der Waals surface area contributed by atoms with Gasteiger partial charge in [-0.25, -0.2) is 8.42 Å². The van der Waals surface area contributed by atoms with Crippen LogP contribution in [0.3, 0.4) is 0 Å². The highest BCUT2D eigenvalue weighted by Crippen LogP contribution is 2.17. The highest BCUT2D eigenvalue weighted by molar-refractivity contribution is 9.10. The van der Waals surface area contributed by atoms with Crippen LogP contribution < -0.4 is 5.32 Å². The first-order valence-electron chi connectivity index (χ1n) is 8.89. The number of nitrogens with one attached hydrogen (secondary N) is 1. The average molecular weight is 468 g/mol. The van der Waals surface area contributed by atoms with Crippen LogP contribution >= 0.6 is 15.9 Å². The van der Waals surface area contributed by atoms with Gasteiger partial charge in [-0.05, 0) is 50.3 Å². The van der Waals surface area contributed by atoms with Gasteiger partial charge < -0.3 is 10.2 Å². The van der Waals surface area contributed by atoms with E-state index in [2.05, 4.69) is 38.3 Å². The second-order valence-electron chi connectivity index (χ2n) is 6.83. The Labute approximate surface area is 175 Å². The summed E-state index contributed by atoms with van der Waals surface area (Å²) >= 11 is 3.28. The number of carbonyl (C=O) groups is 1. The van der Waals surface area contributed by atoms with Crippen molar-refractivity contribution in [2.45, 2.75) is 17.4 Å². The third kappa shape index (κ3) is 6.41. The number of rotatable bonds is 9. The molecule has 2 aromatic carbocycles. The van der Waals surface area contributed by atoms with E-state index < -0.39 is 10.0 Å². The van der Waals surface area contributed by atoms with Gasteiger partial charge in [0.2, 0.25) is 15.9 Å². The molecule has 0 radical (unpaired) electrons. The predicted octanol–water partition coefficient (Wildman–Crippen LogP) is 2.36. The van der Waals surface area contributed by atoms with Gasteiger partial charge in [0.1, 0.15) is 0 Å². The van der Waals surface area contributed by atoms with E-state index in [1.165, 1.54) is 24.7 Å². The van der Waals surface area contributed by atoms with Gasteiger partial charge in [0.05, 0.1) is 11.4 Å². The summed E-state index contributed by atoms with van der Waals surface area (Å²) in [5.41, 5.74) is 1.19. The summed E-state index contributed by atoms with van der Waals surface area (Å²) in [5, 5.41) is 2.85. The molecule has 0 spiro atoms. The SMILES string of the molecule is CN(C)C(CNC(=O)CN(C)S(=O)(=O)c1ccc(Br)cc1)Cc1ccccc1. The van der Waals surface area contributed by atoms with Crippen molar-refractivity contribution in [1.82, 2.24) is 14.5 Å². The third-order valence-corrected chi connectivity index (χ3v) is 6.81. The molecular weight excluding hydrogens is 442 g/mol. The molecule has 6 nitrogen and oxygen atoms in total. The van der Waals surface area contributed by atoms with E-state index in [-0.39, 0.29) is 23.4 Å². The van der Waals surface area contributed by atoms with E-state index in [1.807, 2.05) is 32.3 Å². The molecule has 1 unspecified atom stereocenters. The Balaban J connectivity index is 1.93. The number of carbonyl (C=O) groups excluding carboxylic acids is 1. The largest absolute Gasteiger partial charge is 0.353 e. The Kier molecular flexibility index (Phi) is 8.18. The fourth-order valence-corrected chi connectivity index (χ4v) is 4.08. The summed E-state index contributed by atoms with van der Waals surface area (Å²) in [6, 6.07) is 16.5. The number of benzene rings is 2. The van der Waals surface area contributed by atoms with Crippen LogP contribution in [0.15, 0.2) is 64.0 Å². The Hall–Kier alpha value is -1.74. The van der Waals surface area contributed by atoms with Crippen LogP contribution in [0.1, 0.15) is 5.56 Å². The van der Waals surface area contributed by atoms with Crippen LogP contribution in [-0.4, -0.2) is 63.8 Å². The lowest BCUT2D eigenvalue weighted by molar-refractivity contribution is -0.121. The van der Waals surface area contributed by atoms with Crippen LogP contribution in [0.4, 0.5) is 0 Å². The van der Waals surface area contributed by atoms with Gasteiger partial charge in [0.15, 0.2) is 0 Å². The van der Waals surface area contributed by atoms with Crippen molar-refractivity contribution in [2.24, 2.45) is 0 Å². The average Bonchev–Trinajstić information content (AvgIpc) is 2.66. The molecule has 152 valence electrons. The monoisotopic (exact) mass is 467 g/mol. The summed E-state index contributed by atoms with van der Waals surface area (Å²) in [7, 11) is 1.62. The van der Waals surface area contributed by atoms with Crippen molar-refractivity contribution in [3.05, 3.63) is 64.6 Å². The van der Waals surface area contributed by atoms with Crippen molar-refractivity contribution in [1.29, 1.82) is 0 Å². The molecule has 1 atom stereocenters. The summed E-state index contributed by atoms with van der Waals surface area (Å²) in [6.07, 6.45) is 0.793. The Bertz CT molecular complexity index is 871. The molecule has 0 aliphatic rings. The number of hydrogen-bond donors (Lipinski definition) is 1. The zero-order valence-corrected chi connectivity index (χ0v) is 18.7. The smallest absolute Gasteiger partial charge is 0.243 e. The number of hydrogen-bond acceptors (Lipinski definition) is 4. The maximum absolute atomic E-state index is 12.6. The van der Waals surface area contributed by atoms with Crippen molar-refractivity contribution in [3.63, 3.8) is 0 Å². The number of halogens is 1. The highest BCUT2D eigenvalue weighted by atomic mass is 79.9. The molecular formula is C20H26BrN3O3S. The van der Waals surface area contributed by atoms with Crippen molar-refractivity contribution in [3.8, 4) is 0 Å². The second kappa shape index (κ2) is 10.2. The molecule has 1 N–H and O–H groups in total. The van der Waals surface area contributed by atoms with Gasteiger partial charge in [0.25, 0.3) is 0 Å². The zero-order chi connectivity index (χ0) is 20.7. The third-order valence-electron chi connectivity index (χ3n) is 4.47. The standard InChI is InChI=1S/C20H26BrN3O3S/c1-23(2)18(13-16-7-5-4-6-8-16)14-22-20(25)15-24(3)28(26,27)19-11-9-17(21)10-12-19/h4-12,18H,13-15H2,1-3H3,(H,22,25). The minimum Gasteiger partial charge on any atom is -0.353 e. The quantitative estimate of drug-likeness (QED) is 0.614. The Morgan fingerprint density at radius 2 is 1.64 bits per heavy atom. The number of sulfonamides is 1. The first-order valence-corrected chi connectivity index (χ1v) is 11.1. The molecule has 0 heterocycles. The molecule has 0 aliphatic carbocycles. The maximum atomic E-state index is 12.6. The molecule has 0 bridgehead atoms. The summed E-state index contributed by atoms with van der Waals surface area (Å²) in [6.45, 7) is 0.205. The number of nitrogens with zero attached hydrogens (tertiary/aromatic N) is 2. The second-order valence-corrected chi connectivity index (χ2v) is 9.79. The lowest BCUT2D eigenvalue weighted by Crippen LogP contribution is -2.45. The van der Waals surface area contributed by atoms with E-state index in [0.29, 0.717) is 6.54 Å². The fraction of sp³-hybridized carbons (Fsp3) is 0.350. The molecule has 0 aliphatic heterocycles. The van der Waals surface area contributed by atoms with Crippen LogP contribution in [0.5, 0.6) is 0 Å². The van der Waals surface area contributed by atoms with Gasteiger partial charge in [-0.1, -0.05) is 46.3 Å². The minimum atomic E-state index is -3.71. The topological polar surface area (TPSA) is 69.7 Å². The molecule has 28 heavy (non-hydrogen) atoms. The minimum absolute atomic E-state index is 0.111. The number of likely N-dealkylation sites (N-methyl/N-ethyl adjacent to an activating group) is 2. The number of amides is 1. The van der Waals surface area contributed by atoms with Crippen LogP contribution in [-0.2, 0) is 21.2 Å². The molecule has 1 amide bonds. The lowest BCUT2D eigenvalue weighted by atomic mass is 10.1. The first-order chi connectivity index (χ1) is 13.2. The van der Waals surface area contributed by atoms with Crippen LogP contribution in [0, 0.1) is 0 Å². The summed E-state index contributed by atoms with van der Waals surface area (Å²) in [4.78, 5) is 14.5. The van der Waals surface area contributed by atoms with Crippen LogP contribution in [0.25, 0.3) is 0 Å². The summed E-state index contributed by atoms with van der Waals surface area (Å²) in [5.74, 6) is -0.330. The highest BCUT2D eigenvalue weighted by Gasteiger charge is 2.23.